The fraction of sp³-hybridized carbons (Fsp3) is 0.318. The van der Waals surface area contributed by atoms with Crippen LogP contribution < -0.4 is 4.90 Å². The van der Waals surface area contributed by atoms with Crippen molar-refractivity contribution in [3.8, 4) is 18.2 Å². The third-order valence-corrected chi connectivity index (χ3v) is 4.51. The molecule has 29 heavy (non-hydrogen) atoms. The number of aliphatic hydroxyl groups excluding tert-OH is 2. The summed E-state index contributed by atoms with van der Waals surface area (Å²) in [7, 11) is 0. The number of anilines is 1. The number of nitrogens with zero attached hydrogens (tertiary/aromatic N) is 4. The van der Waals surface area contributed by atoms with E-state index in [1.54, 1.807) is 32.1 Å². The van der Waals surface area contributed by atoms with Crippen molar-refractivity contribution >= 4 is 11.8 Å². The molecule has 1 aromatic carbocycles. The molecule has 2 N–H and O–H groups in total. The van der Waals surface area contributed by atoms with Crippen molar-refractivity contribution in [2.24, 2.45) is 0 Å². The van der Waals surface area contributed by atoms with Gasteiger partial charge in [-0.3, -0.25) is 0 Å². The van der Waals surface area contributed by atoms with E-state index in [0.717, 1.165) is 11.3 Å². The van der Waals surface area contributed by atoms with E-state index in [1.165, 1.54) is 0 Å². The van der Waals surface area contributed by atoms with Gasteiger partial charge in [-0.25, -0.2) is 0 Å². The molecule has 7 nitrogen and oxygen atoms in total. The molecule has 1 aliphatic rings. The van der Waals surface area contributed by atoms with E-state index in [9.17, 15) is 5.26 Å². The second kappa shape index (κ2) is 9.57. The third kappa shape index (κ3) is 4.83. The lowest BCUT2D eigenvalue weighted by Crippen LogP contribution is -2.29. The Kier molecular flexibility index (Phi) is 7.17. The largest absolute Gasteiger partial charge is 0.480 e. The minimum atomic E-state index is -0.852. The fourth-order valence-corrected chi connectivity index (χ4v) is 3.07. The number of allylic oxidation sites excluding steroid dienone is 2. The van der Waals surface area contributed by atoms with Gasteiger partial charge >= 0.3 is 0 Å². The van der Waals surface area contributed by atoms with Crippen LogP contribution >= 0.6 is 0 Å². The number of aliphatic hydroxyl groups is 2. The smallest absolute Gasteiger partial charge is 0.172 e. The molecule has 0 saturated carbocycles. The standard InChI is InChI=1S/C22H22N4O3/c1-22(2)20(19(15-25)21(29-22)17(13-23)14-24)8-5-16-3-6-18(7-4-16)26(9-11-27)10-12-28/h3-8,27-28H,9-12H2,1-2H3/b8-5+. The summed E-state index contributed by atoms with van der Waals surface area (Å²) in [6.45, 7) is 4.38. The molecule has 0 bridgehead atoms. The molecule has 1 heterocycles. The molecule has 0 aliphatic carbocycles. The molecule has 0 atom stereocenters. The molecule has 1 aromatic rings. The Balaban J connectivity index is 2.36. The summed E-state index contributed by atoms with van der Waals surface area (Å²) in [6.07, 6.45) is 3.58. The van der Waals surface area contributed by atoms with Gasteiger partial charge in [0, 0.05) is 24.4 Å². The Morgan fingerprint density at radius 2 is 1.62 bits per heavy atom. The summed E-state index contributed by atoms with van der Waals surface area (Å²) >= 11 is 0. The van der Waals surface area contributed by atoms with Crippen LogP contribution in [-0.2, 0) is 4.74 Å². The van der Waals surface area contributed by atoms with Crippen molar-refractivity contribution in [2.45, 2.75) is 19.4 Å². The molecule has 0 aromatic heterocycles. The molecule has 0 spiro atoms. The topological polar surface area (TPSA) is 124 Å². The maximum Gasteiger partial charge on any atom is 0.172 e. The van der Waals surface area contributed by atoms with E-state index in [1.807, 2.05) is 41.3 Å². The van der Waals surface area contributed by atoms with Crippen LogP contribution in [0.2, 0.25) is 0 Å². The average Bonchev–Trinajstić information content (AvgIpc) is 2.97. The van der Waals surface area contributed by atoms with Crippen molar-refractivity contribution in [1.29, 1.82) is 15.8 Å². The first-order valence-corrected chi connectivity index (χ1v) is 9.05. The van der Waals surface area contributed by atoms with Crippen molar-refractivity contribution in [3.05, 3.63) is 58.4 Å². The summed E-state index contributed by atoms with van der Waals surface area (Å²) in [5.41, 5.74) is 1.44. The number of ether oxygens (including phenoxy) is 1. The minimum Gasteiger partial charge on any atom is -0.480 e. The van der Waals surface area contributed by atoms with Crippen LogP contribution in [0.4, 0.5) is 5.69 Å². The first kappa shape index (κ1) is 21.7. The van der Waals surface area contributed by atoms with E-state index in [-0.39, 0.29) is 30.1 Å². The van der Waals surface area contributed by atoms with Gasteiger partial charge in [-0.15, -0.1) is 0 Å². The molecule has 0 saturated heterocycles. The Bertz CT molecular complexity index is 945. The van der Waals surface area contributed by atoms with Gasteiger partial charge in [0.1, 0.15) is 29.4 Å². The second-order valence-corrected chi connectivity index (χ2v) is 6.80. The molecular weight excluding hydrogens is 368 g/mol. The Morgan fingerprint density at radius 3 is 2.10 bits per heavy atom. The molecule has 7 heteroatoms. The van der Waals surface area contributed by atoms with E-state index >= 15 is 0 Å². The lowest BCUT2D eigenvalue weighted by molar-refractivity contribution is 0.0954. The van der Waals surface area contributed by atoms with Gasteiger partial charge in [-0.1, -0.05) is 24.3 Å². The molecule has 0 fully saturated rings. The zero-order chi connectivity index (χ0) is 21.4. The summed E-state index contributed by atoms with van der Waals surface area (Å²) in [5, 5.41) is 46.1. The van der Waals surface area contributed by atoms with Crippen LogP contribution in [-0.4, -0.2) is 42.1 Å². The zero-order valence-corrected chi connectivity index (χ0v) is 16.4. The van der Waals surface area contributed by atoms with Gasteiger partial charge in [0.15, 0.2) is 11.3 Å². The highest BCUT2D eigenvalue weighted by molar-refractivity contribution is 5.65. The Hall–Kier alpha value is -3.57. The summed E-state index contributed by atoms with van der Waals surface area (Å²) in [4.78, 5) is 1.88. The van der Waals surface area contributed by atoms with Crippen LogP contribution in [0.25, 0.3) is 6.08 Å². The predicted molar refractivity (Wildman–Crippen MR) is 108 cm³/mol. The number of hydrogen-bond donors (Lipinski definition) is 2. The Morgan fingerprint density at radius 1 is 1.03 bits per heavy atom. The van der Waals surface area contributed by atoms with Crippen LogP contribution in [0, 0.1) is 34.0 Å². The highest BCUT2D eigenvalue weighted by atomic mass is 16.5. The van der Waals surface area contributed by atoms with Crippen molar-refractivity contribution in [1.82, 2.24) is 0 Å². The summed E-state index contributed by atoms with van der Waals surface area (Å²) < 4.78 is 5.73. The van der Waals surface area contributed by atoms with E-state index < -0.39 is 5.60 Å². The maximum absolute atomic E-state index is 9.55. The second-order valence-electron chi connectivity index (χ2n) is 6.80. The first-order valence-electron chi connectivity index (χ1n) is 9.05. The summed E-state index contributed by atoms with van der Waals surface area (Å²) in [6, 6.07) is 13.1. The zero-order valence-electron chi connectivity index (χ0n) is 16.4. The van der Waals surface area contributed by atoms with E-state index in [2.05, 4.69) is 0 Å². The molecule has 0 unspecified atom stereocenters. The number of hydrogen-bond acceptors (Lipinski definition) is 7. The van der Waals surface area contributed by atoms with Gasteiger partial charge in [0.25, 0.3) is 0 Å². The molecular formula is C22H22N4O3. The minimum absolute atomic E-state index is 0.00887. The average molecular weight is 390 g/mol. The molecule has 1 aliphatic heterocycles. The molecule has 0 radical (unpaired) electrons. The SMILES string of the molecule is CC1(C)OC(=C(C#N)C#N)C(C#N)=C1/C=C/c1ccc(N(CCO)CCO)cc1. The van der Waals surface area contributed by atoms with Crippen molar-refractivity contribution in [2.75, 3.05) is 31.2 Å². The molecule has 148 valence electrons. The normalized spacial score (nSPS) is 14.9. The number of nitriles is 3. The predicted octanol–water partition coefficient (Wildman–Crippen LogP) is 2.42. The monoisotopic (exact) mass is 390 g/mol. The number of rotatable bonds is 7. The van der Waals surface area contributed by atoms with Crippen LogP contribution in [0.3, 0.4) is 0 Å². The van der Waals surface area contributed by atoms with E-state index in [4.69, 9.17) is 25.5 Å². The quantitative estimate of drug-likeness (QED) is 0.685. The molecule has 2 rings (SSSR count). The van der Waals surface area contributed by atoms with Crippen LogP contribution in [0.5, 0.6) is 0 Å². The fourth-order valence-electron chi connectivity index (χ4n) is 3.07. The maximum atomic E-state index is 9.55. The van der Waals surface area contributed by atoms with Crippen LogP contribution in [0.15, 0.2) is 52.8 Å². The van der Waals surface area contributed by atoms with Crippen molar-refractivity contribution < 1.29 is 14.9 Å². The van der Waals surface area contributed by atoms with Crippen molar-refractivity contribution in [3.63, 3.8) is 0 Å². The van der Waals surface area contributed by atoms with Gasteiger partial charge in [-0.05, 0) is 31.5 Å². The lowest BCUT2D eigenvalue weighted by atomic mass is 9.94. The van der Waals surface area contributed by atoms with Gasteiger partial charge in [-0.2, -0.15) is 15.8 Å². The third-order valence-electron chi connectivity index (χ3n) is 4.51. The first-order chi connectivity index (χ1) is 13.9. The lowest BCUT2D eigenvalue weighted by Gasteiger charge is -2.23. The Labute approximate surface area is 170 Å². The van der Waals surface area contributed by atoms with Crippen LogP contribution in [0.1, 0.15) is 19.4 Å². The highest BCUT2D eigenvalue weighted by Gasteiger charge is 2.38. The van der Waals surface area contributed by atoms with Gasteiger partial charge in [0.05, 0.1) is 13.2 Å². The number of benzene rings is 1. The molecule has 0 amide bonds. The van der Waals surface area contributed by atoms with Gasteiger partial charge < -0.3 is 19.8 Å². The van der Waals surface area contributed by atoms with Gasteiger partial charge in [0.2, 0.25) is 0 Å². The summed E-state index contributed by atoms with van der Waals surface area (Å²) in [5.74, 6) is 0.0150. The highest BCUT2D eigenvalue weighted by Crippen LogP contribution is 2.40. The van der Waals surface area contributed by atoms with E-state index in [0.29, 0.717) is 18.7 Å².